The molecule has 1 aliphatic rings. The molecule has 1 aliphatic carbocycles. The van der Waals surface area contributed by atoms with Gasteiger partial charge in [-0.25, -0.2) is 0 Å². The van der Waals surface area contributed by atoms with Crippen LogP contribution >= 0.6 is 0 Å². The van der Waals surface area contributed by atoms with Crippen molar-refractivity contribution < 1.29 is 19.4 Å². The fourth-order valence-electron chi connectivity index (χ4n) is 3.33. The summed E-state index contributed by atoms with van der Waals surface area (Å²) in [6.45, 7) is 4.40. The zero-order chi connectivity index (χ0) is 15.6. The topological polar surface area (TPSA) is 55.8 Å². The Labute approximate surface area is 126 Å². The Morgan fingerprint density at radius 3 is 2.57 bits per heavy atom. The van der Waals surface area contributed by atoms with Gasteiger partial charge in [0.15, 0.2) is 0 Å². The third-order valence-corrected chi connectivity index (χ3v) is 4.55. The summed E-state index contributed by atoms with van der Waals surface area (Å²) in [5, 5.41) is 9.54. The molecule has 4 heteroatoms. The number of hydrogen-bond acceptors (Lipinski definition) is 3. The highest BCUT2D eigenvalue weighted by molar-refractivity contribution is 5.72. The molecule has 2 unspecified atom stereocenters. The monoisotopic (exact) mass is 292 g/mol. The maximum absolute atomic E-state index is 11.6. The number of ether oxygens (including phenoxy) is 2. The maximum Gasteiger partial charge on any atom is 0.307 e. The standard InChI is InChI=1S/C17H24O4/c1-17(2)8-7-13(16(18)19)14(10-17)12-6-5-11(20-3)9-15(12)21-4/h5-6,9,13-14H,7-8,10H2,1-4H3,(H,18,19). The largest absolute Gasteiger partial charge is 0.497 e. The molecule has 0 heterocycles. The van der Waals surface area contributed by atoms with Crippen LogP contribution in [0.2, 0.25) is 0 Å². The third kappa shape index (κ3) is 3.31. The molecule has 21 heavy (non-hydrogen) atoms. The van der Waals surface area contributed by atoms with Crippen LogP contribution in [0.4, 0.5) is 0 Å². The van der Waals surface area contributed by atoms with Crippen LogP contribution in [-0.4, -0.2) is 25.3 Å². The van der Waals surface area contributed by atoms with Crippen LogP contribution in [0, 0.1) is 11.3 Å². The van der Waals surface area contributed by atoms with Crippen molar-refractivity contribution >= 4 is 5.97 Å². The van der Waals surface area contributed by atoms with Crippen molar-refractivity contribution in [3.05, 3.63) is 23.8 Å². The minimum Gasteiger partial charge on any atom is -0.497 e. The first-order chi connectivity index (χ1) is 9.88. The van der Waals surface area contributed by atoms with Crippen LogP contribution in [0.1, 0.15) is 44.6 Å². The van der Waals surface area contributed by atoms with Crippen molar-refractivity contribution in [2.45, 2.75) is 39.0 Å². The van der Waals surface area contributed by atoms with Crippen LogP contribution in [0.15, 0.2) is 18.2 Å². The lowest BCUT2D eigenvalue weighted by molar-refractivity contribution is -0.144. The molecule has 2 rings (SSSR count). The lowest BCUT2D eigenvalue weighted by Gasteiger charge is -2.39. The van der Waals surface area contributed by atoms with Crippen molar-refractivity contribution in [1.82, 2.24) is 0 Å². The number of rotatable bonds is 4. The van der Waals surface area contributed by atoms with Crippen LogP contribution < -0.4 is 9.47 Å². The normalized spacial score (nSPS) is 24.4. The Balaban J connectivity index is 2.42. The van der Waals surface area contributed by atoms with Gasteiger partial charge in [-0.3, -0.25) is 4.79 Å². The van der Waals surface area contributed by atoms with E-state index in [0.29, 0.717) is 12.2 Å². The molecule has 1 aromatic rings. The Kier molecular flexibility index (Phi) is 4.45. The lowest BCUT2D eigenvalue weighted by atomic mass is 9.65. The van der Waals surface area contributed by atoms with Gasteiger partial charge in [0.2, 0.25) is 0 Å². The SMILES string of the molecule is COc1ccc(C2CC(C)(C)CCC2C(=O)O)c(OC)c1. The Hall–Kier alpha value is -1.71. The summed E-state index contributed by atoms with van der Waals surface area (Å²) in [5.74, 6) is 0.349. The molecule has 2 atom stereocenters. The predicted molar refractivity (Wildman–Crippen MR) is 81.0 cm³/mol. The second-order valence-corrected chi connectivity index (χ2v) is 6.57. The van der Waals surface area contributed by atoms with Gasteiger partial charge in [0.1, 0.15) is 11.5 Å². The first kappa shape index (κ1) is 15.7. The number of carboxylic acids is 1. The highest BCUT2D eigenvalue weighted by atomic mass is 16.5. The van der Waals surface area contributed by atoms with E-state index in [1.807, 2.05) is 18.2 Å². The molecular weight excluding hydrogens is 268 g/mol. The molecular formula is C17H24O4. The molecule has 0 spiro atoms. The van der Waals surface area contributed by atoms with Gasteiger partial charge in [-0.1, -0.05) is 19.9 Å². The second-order valence-electron chi connectivity index (χ2n) is 6.57. The summed E-state index contributed by atoms with van der Waals surface area (Å²) in [6, 6.07) is 5.65. The third-order valence-electron chi connectivity index (χ3n) is 4.55. The van der Waals surface area contributed by atoms with Crippen molar-refractivity contribution in [2.24, 2.45) is 11.3 Å². The van der Waals surface area contributed by atoms with Gasteiger partial charge in [-0.2, -0.15) is 0 Å². The number of benzene rings is 1. The summed E-state index contributed by atoms with van der Waals surface area (Å²) in [7, 11) is 3.22. The van der Waals surface area contributed by atoms with E-state index in [2.05, 4.69) is 13.8 Å². The van der Waals surface area contributed by atoms with Gasteiger partial charge in [0.05, 0.1) is 20.1 Å². The van der Waals surface area contributed by atoms with Gasteiger partial charge >= 0.3 is 5.97 Å². The van der Waals surface area contributed by atoms with E-state index in [9.17, 15) is 9.90 Å². The van der Waals surface area contributed by atoms with E-state index in [4.69, 9.17) is 9.47 Å². The zero-order valence-electron chi connectivity index (χ0n) is 13.2. The average molecular weight is 292 g/mol. The molecule has 4 nitrogen and oxygen atoms in total. The van der Waals surface area contributed by atoms with Crippen LogP contribution in [0.3, 0.4) is 0 Å². The van der Waals surface area contributed by atoms with E-state index in [-0.39, 0.29) is 17.3 Å². The molecule has 1 N–H and O–H groups in total. The first-order valence-corrected chi connectivity index (χ1v) is 7.32. The molecule has 116 valence electrons. The molecule has 0 aliphatic heterocycles. The van der Waals surface area contributed by atoms with E-state index in [1.165, 1.54) is 0 Å². The summed E-state index contributed by atoms with van der Waals surface area (Å²) in [6.07, 6.45) is 2.51. The van der Waals surface area contributed by atoms with Gasteiger partial charge < -0.3 is 14.6 Å². The minimum absolute atomic E-state index is 0.0212. The predicted octanol–water partition coefficient (Wildman–Crippen LogP) is 3.70. The minimum atomic E-state index is -0.714. The van der Waals surface area contributed by atoms with E-state index in [1.54, 1.807) is 14.2 Å². The number of methoxy groups -OCH3 is 2. The quantitative estimate of drug-likeness (QED) is 0.919. The average Bonchev–Trinajstić information content (AvgIpc) is 2.45. The summed E-state index contributed by atoms with van der Waals surface area (Å²) >= 11 is 0. The van der Waals surface area contributed by atoms with Gasteiger partial charge in [-0.05, 0) is 36.3 Å². The fourth-order valence-corrected chi connectivity index (χ4v) is 3.33. The van der Waals surface area contributed by atoms with Crippen LogP contribution in [0.25, 0.3) is 0 Å². The fraction of sp³-hybridized carbons (Fsp3) is 0.588. The molecule has 0 saturated heterocycles. The number of carboxylic acid groups (broad SMARTS) is 1. The summed E-state index contributed by atoms with van der Waals surface area (Å²) < 4.78 is 10.7. The Morgan fingerprint density at radius 1 is 1.29 bits per heavy atom. The van der Waals surface area contributed by atoms with E-state index in [0.717, 1.165) is 24.2 Å². The Bertz CT molecular complexity index is 522. The molecule has 1 fully saturated rings. The van der Waals surface area contributed by atoms with Crippen LogP contribution in [-0.2, 0) is 4.79 Å². The molecule has 0 aromatic heterocycles. The van der Waals surface area contributed by atoms with Crippen molar-refractivity contribution in [3.63, 3.8) is 0 Å². The zero-order valence-corrected chi connectivity index (χ0v) is 13.2. The first-order valence-electron chi connectivity index (χ1n) is 7.32. The summed E-state index contributed by atoms with van der Waals surface area (Å²) in [5.41, 5.74) is 1.13. The Morgan fingerprint density at radius 2 is 2.00 bits per heavy atom. The number of hydrogen-bond donors (Lipinski definition) is 1. The smallest absolute Gasteiger partial charge is 0.307 e. The second kappa shape index (κ2) is 5.96. The van der Waals surface area contributed by atoms with Gasteiger partial charge in [0.25, 0.3) is 0 Å². The molecule has 1 saturated carbocycles. The van der Waals surface area contributed by atoms with E-state index < -0.39 is 5.97 Å². The highest BCUT2D eigenvalue weighted by Gasteiger charge is 2.40. The molecule has 0 radical (unpaired) electrons. The molecule has 0 bridgehead atoms. The van der Waals surface area contributed by atoms with Gasteiger partial charge in [-0.15, -0.1) is 0 Å². The number of aliphatic carboxylic acids is 1. The van der Waals surface area contributed by atoms with Crippen LogP contribution in [0.5, 0.6) is 11.5 Å². The lowest BCUT2D eigenvalue weighted by Crippen LogP contribution is -2.33. The van der Waals surface area contributed by atoms with Gasteiger partial charge in [0, 0.05) is 12.0 Å². The summed E-state index contributed by atoms with van der Waals surface area (Å²) in [4.78, 5) is 11.6. The van der Waals surface area contributed by atoms with E-state index >= 15 is 0 Å². The van der Waals surface area contributed by atoms with Crippen molar-refractivity contribution in [3.8, 4) is 11.5 Å². The number of carbonyl (C=O) groups is 1. The maximum atomic E-state index is 11.6. The molecule has 1 aromatic carbocycles. The van der Waals surface area contributed by atoms with Crippen molar-refractivity contribution in [2.75, 3.05) is 14.2 Å². The molecule has 0 amide bonds. The van der Waals surface area contributed by atoms with Crippen molar-refractivity contribution in [1.29, 1.82) is 0 Å². The highest BCUT2D eigenvalue weighted by Crippen LogP contribution is 2.49.